The van der Waals surface area contributed by atoms with E-state index in [0.29, 0.717) is 0 Å². The van der Waals surface area contributed by atoms with Crippen molar-refractivity contribution in [2.45, 2.75) is 6.92 Å². The number of hydrogen-bond acceptors (Lipinski definition) is 3. The Morgan fingerprint density at radius 1 is 1.17 bits per heavy atom. The predicted octanol–water partition coefficient (Wildman–Crippen LogP) is 2.94. The molecular formula is C13H11ClN4. The van der Waals surface area contributed by atoms with Crippen LogP contribution in [0.1, 0.15) is 5.56 Å². The summed E-state index contributed by atoms with van der Waals surface area (Å²) >= 11 is 6.15. The van der Waals surface area contributed by atoms with Crippen molar-refractivity contribution in [2.75, 3.05) is 5.73 Å². The molecule has 0 saturated heterocycles. The normalized spacial score (nSPS) is 11.0. The minimum atomic E-state index is 0.266. The Hall–Kier alpha value is -2.07. The van der Waals surface area contributed by atoms with Gasteiger partial charge in [0.25, 0.3) is 0 Å². The second kappa shape index (κ2) is 3.99. The Labute approximate surface area is 109 Å². The third-order valence-corrected chi connectivity index (χ3v) is 3.33. The molecule has 0 aliphatic rings. The van der Waals surface area contributed by atoms with Gasteiger partial charge in [-0.1, -0.05) is 29.8 Å². The van der Waals surface area contributed by atoms with Gasteiger partial charge in [-0.2, -0.15) is 4.98 Å². The molecule has 0 bridgehead atoms. The maximum absolute atomic E-state index is 6.15. The Bertz CT molecular complexity index is 733. The minimum absolute atomic E-state index is 0.266. The number of aromatic nitrogens is 3. The Morgan fingerprint density at radius 2 is 1.94 bits per heavy atom. The molecule has 0 amide bonds. The number of benzene rings is 1. The standard InChI is InChI=1S/C13H11ClN4/c1-8-9(4-2-5-10(8)14)11-6-3-7-12-16-13(15)17-18(11)12/h2-7H,1H3,(H2,15,17). The molecule has 0 saturated carbocycles. The molecule has 90 valence electrons. The van der Waals surface area contributed by atoms with E-state index >= 15 is 0 Å². The van der Waals surface area contributed by atoms with Crippen LogP contribution in [-0.4, -0.2) is 14.6 Å². The van der Waals surface area contributed by atoms with Crippen LogP contribution in [0.2, 0.25) is 5.02 Å². The van der Waals surface area contributed by atoms with E-state index in [1.54, 1.807) is 4.52 Å². The molecule has 1 aromatic carbocycles. The van der Waals surface area contributed by atoms with E-state index in [4.69, 9.17) is 17.3 Å². The van der Waals surface area contributed by atoms with E-state index in [1.165, 1.54) is 0 Å². The molecule has 0 radical (unpaired) electrons. The van der Waals surface area contributed by atoms with Crippen LogP contribution in [0.4, 0.5) is 5.95 Å². The molecule has 2 heterocycles. The summed E-state index contributed by atoms with van der Waals surface area (Å²) in [6, 6.07) is 11.6. The maximum Gasteiger partial charge on any atom is 0.240 e. The minimum Gasteiger partial charge on any atom is -0.366 e. The van der Waals surface area contributed by atoms with Gasteiger partial charge in [-0.05, 0) is 30.7 Å². The highest BCUT2D eigenvalue weighted by atomic mass is 35.5. The van der Waals surface area contributed by atoms with Crippen molar-refractivity contribution < 1.29 is 0 Å². The molecule has 2 N–H and O–H groups in total. The van der Waals surface area contributed by atoms with Gasteiger partial charge in [-0.3, -0.25) is 0 Å². The molecule has 4 nitrogen and oxygen atoms in total. The summed E-state index contributed by atoms with van der Waals surface area (Å²) in [6.07, 6.45) is 0. The highest BCUT2D eigenvalue weighted by Gasteiger charge is 2.10. The van der Waals surface area contributed by atoms with Crippen LogP contribution in [0.5, 0.6) is 0 Å². The topological polar surface area (TPSA) is 56.2 Å². The molecule has 0 spiro atoms. The van der Waals surface area contributed by atoms with Crippen LogP contribution in [0.15, 0.2) is 36.4 Å². The van der Waals surface area contributed by atoms with Crippen molar-refractivity contribution in [3.8, 4) is 11.3 Å². The fourth-order valence-corrected chi connectivity index (χ4v) is 2.19. The van der Waals surface area contributed by atoms with E-state index in [1.807, 2.05) is 43.3 Å². The third kappa shape index (κ3) is 1.62. The summed E-state index contributed by atoms with van der Waals surface area (Å²) in [5.41, 5.74) is 9.33. The van der Waals surface area contributed by atoms with E-state index in [9.17, 15) is 0 Å². The van der Waals surface area contributed by atoms with E-state index in [2.05, 4.69) is 10.1 Å². The lowest BCUT2D eigenvalue weighted by molar-refractivity contribution is 0.975. The lowest BCUT2D eigenvalue weighted by atomic mass is 10.1. The molecule has 3 rings (SSSR count). The smallest absolute Gasteiger partial charge is 0.240 e. The van der Waals surface area contributed by atoms with Gasteiger partial charge < -0.3 is 5.73 Å². The molecule has 18 heavy (non-hydrogen) atoms. The Balaban J connectivity index is 2.34. The summed E-state index contributed by atoms with van der Waals surface area (Å²) < 4.78 is 1.73. The first-order chi connectivity index (χ1) is 8.66. The molecule has 2 aromatic heterocycles. The molecule has 0 aliphatic carbocycles. The van der Waals surface area contributed by atoms with Crippen molar-refractivity contribution >= 4 is 23.2 Å². The molecular weight excluding hydrogens is 248 g/mol. The van der Waals surface area contributed by atoms with E-state index in [-0.39, 0.29) is 5.95 Å². The molecule has 0 unspecified atom stereocenters. The lowest BCUT2D eigenvalue weighted by Gasteiger charge is -2.08. The summed E-state index contributed by atoms with van der Waals surface area (Å²) in [5, 5.41) is 4.93. The number of nitrogens with zero attached hydrogens (tertiary/aromatic N) is 3. The predicted molar refractivity (Wildman–Crippen MR) is 72.6 cm³/mol. The molecule has 0 fully saturated rings. The summed E-state index contributed by atoms with van der Waals surface area (Å²) in [7, 11) is 0. The zero-order chi connectivity index (χ0) is 12.7. The molecule has 0 atom stereocenters. The van der Waals surface area contributed by atoms with Crippen molar-refractivity contribution in [1.82, 2.24) is 14.6 Å². The van der Waals surface area contributed by atoms with Gasteiger partial charge >= 0.3 is 0 Å². The monoisotopic (exact) mass is 258 g/mol. The second-order valence-electron chi connectivity index (χ2n) is 4.06. The third-order valence-electron chi connectivity index (χ3n) is 2.92. The van der Waals surface area contributed by atoms with Gasteiger partial charge in [-0.15, -0.1) is 5.10 Å². The summed E-state index contributed by atoms with van der Waals surface area (Å²) in [5.74, 6) is 0.266. The molecule has 5 heteroatoms. The average Bonchev–Trinajstić information content (AvgIpc) is 2.73. The number of halogens is 1. The van der Waals surface area contributed by atoms with Crippen LogP contribution in [0, 0.1) is 6.92 Å². The van der Waals surface area contributed by atoms with Crippen molar-refractivity contribution in [1.29, 1.82) is 0 Å². The van der Waals surface area contributed by atoms with Crippen LogP contribution in [0.3, 0.4) is 0 Å². The summed E-state index contributed by atoms with van der Waals surface area (Å²) in [6.45, 7) is 1.98. The van der Waals surface area contributed by atoms with Gasteiger partial charge in [0.15, 0.2) is 5.65 Å². The van der Waals surface area contributed by atoms with Gasteiger partial charge in [-0.25, -0.2) is 4.52 Å². The van der Waals surface area contributed by atoms with Crippen LogP contribution in [-0.2, 0) is 0 Å². The van der Waals surface area contributed by atoms with Gasteiger partial charge in [0, 0.05) is 10.6 Å². The zero-order valence-corrected chi connectivity index (χ0v) is 10.5. The maximum atomic E-state index is 6.15. The van der Waals surface area contributed by atoms with Crippen molar-refractivity contribution in [2.24, 2.45) is 0 Å². The Kier molecular flexibility index (Phi) is 2.45. The van der Waals surface area contributed by atoms with Crippen LogP contribution in [0.25, 0.3) is 16.9 Å². The van der Waals surface area contributed by atoms with Gasteiger partial charge in [0.1, 0.15) is 0 Å². The average molecular weight is 259 g/mol. The van der Waals surface area contributed by atoms with Gasteiger partial charge in [0.2, 0.25) is 5.95 Å². The number of nitrogen functional groups attached to an aromatic ring is 1. The number of anilines is 1. The van der Waals surface area contributed by atoms with Crippen LogP contribution >= 0.6 is 11.6 Å². The number of pyridine rings is 1. The van der Waals surface area contributed by atoms with Crippen LogP contribution < -0.4 is 5.73 Å². The quantitative estimate of drug-likeness (QED) is 0.730. The van der Waals surface area contributed by atoms with E-state index < -0.39 is 0 Å². The van der Waals surface area contributed by atoms with E-state index in [0.717, 1.165) is 27.5 Å². The largest absolute Gasteiger partial charge is 0.366 e. The van der Waals surface area contributed by atoms with Crippen molar-refractivity contribution in [3.63, 3.8) is 0 Å². The first kappa shape index (κ1) is 11.0. The number of rotatable bonds is 1. The highest BCUT2D eigenvalue weighted by Crippen LogP contribution is 2.28. The fourth-order valence-electron chi connectivity index (χ4n) is 2.01. The number of fused-ring (bicyclic) bond motifs is 1. The Morgan fingerprint density at radius 3 is 2.78 bits per heavy atom. The summed E-state index contributed by atoms with van der Waals surface area (Å²) in [4.78, 5) is 4.15. The zero-order valence-electron chi connectivity index (χ0n) is 9.76. The van der Waals surface area contributed by atoms with Crippen molar-refractivity contribution in [3.05, 3.63) is 47.0 Å². The first-order valence-corrected chi connectivity index (χ1v) is 5.91. The first-order valence-electron chi connectivity index (χ1n) is 5.53. The fraction of sp³-hybridized carbons (Fsp3) is 0.0769. The lowest BCUT2D eigenvalue weighted by Crippen LogP contribution is -1.96. The highest BCUT2D eigenvalue weighted by molar-refractivity contribution is 6.31. The van der Waals surface area contributed by atoms with Gasteiger partial charge in [0.05, 0.1) is 5.69 Å². The number of hydrogen-bond donors (Lipinski definition) is 1. The molecule has 3 aromatic rings. The number of nitrogens with two attached hydrogens (primary N) is 1. The molecule has 0 aliphatic heterocycles. The second-order valence-corrected chi connectivity index (χ2v) is 4.47. The SMILES string of the molecule is Cc1c(Cl)cccc1-c1cccc2nc(N)nn12.